The van der Waals surface area contributed by atoms with E-state index < -0.39 is 15.9 Å². The normalized spacial score (nSPS) is 11.2. The Hall–Kier alpha value is -2.79. The van der Waals surface area contributed by atoms with Gasteiger partial charge in [-0.25, -0.2) is 13.1 Å². The molecule has 0 aliphatic rings. The van der Waals surface area contributed by atoms with Gasteiger partial charge in [-0.15, -0.1) is 0 Å². The third-order valence-corrected chi connectivity index (χ3v) is 7.21. The fraction of sp³-hybridized carbons (Fsp3) is 0.231. The maximum Gasteiger partial charge on any atom is 0.261 e. The lowest BCUT2D eigenvalue weighted by Crippen LogP contribution is -2.34. The Bertz CT molecular complexity index is 1300. The summed E-state index contributed by atoms with van der Waals surface area (Å²) in [5.41, 5.74) is 1.74. The van der Waals surface area contributed by atoms with Crippen LogP contribution in [0.1, 0.15) is 36.2 Å². The second-order valence-electron chi connectivity index (χ2n) is 8.41. The van der Waals surface area contributed by atoms with Crippen molar-refractivity contribution in [3.8, 4) is 5.75 Å². The fourth-order valence-corrected chi connectivity index (χ4v) is 4.71. The monoisotopic (exact) mass is 589 g/mol. The van der Waals surface area contributed by atoms with Crippen molar-refractivity contribution >= 4 is 54.9 Å². The van der Waals surface area contributed by atoms with Gasteiger partial charge < -0.3 is 10.1 Å². The number of carbonyl (C=O) groups excluding carboxylic acids is 1. The topological polar surface area (TPSA) is 96.5 Å². The van der Waals surface area contributed by atoms with E-state index in [1.165, 1.54) is 12.1 Å². The Balaban J connectivity index is 1.59. The molecule has 0 heterocycles. The highest BCUT2D eigenvalue weighted by Crippen LogP contribution is 2.24. The lowest BCUT2D eigenvalue weighted by atomic mass is 10.1. The molecule has 0 unspecified atom stereocenters. The van der Waals surface area contributed by atoms with E-state index >= 15 is 0 Å². The van der Waals surface area contributed by atoms with Gasteiger partial charge in [-0.05, 0) is 72.6 Å². The van der Waals surface area contributed by atoms with Crippen LogP contribution in [0.15, 0.2) is 82.2 Å². The maximum absolute atomic E-state index is 12.9. The number of ether oxygens (including phenoxy) is 1. The number of amides is 1. The molecule has 10 heteroatoms. The van der Waals surface area contributed by atoms with Crippen molar-refractivity contribution in [1.82, 2.24) is 10.0 Å². The zero-order valence-corrected chi connectivity index (χ0v) is 23.2. The van der Waals surface area contributed by atoms with E-state index in [0.29, 0.717) is 29.5 Å². The fourth-order valence-electron chi connectivity index (χ4n) is 3.12. The molecule has 0 aliphatic heterocycles. The van der Waals surface area contributed by atoms with Crippen LogP contribution in [0, 0.1) is 5.92 Å². The summed E-state index contributed by atoms with van der Waals surface area (Å²) in [4.78, 5) is 13.0. The van der Waals surface area contributed by atoms with Crippen LogP contribution in [0.4, 0.5) is 5.69 Å². The number of rotatable bonds is 10. The highest BCUT2D eigenvalue weighted by molar-refractivity contribution is 9.10. The molecule has 0 aromatic heterocycles. The standard InChI is InChI=1S/C26H28BrN3O4S2/c1-18(2)14-15-34-24-13-8-20(27)16-23(24)25(31)30-26(35)29-21-9-11-22(12-10-21)36(32,33)28-17-19-6-4-3-5-7-19/h3-13,16,18,28H,14-15,17H2,1-2H3,(H2,29,30,31,35). The SMILES string of the molecule is CC(C)CCOc1ccc(Br)cc1C(=O)NC(=S)Nc1ccc(S(=O)(=O)NCc2ccccc2)cc1. The number of halogens is 1. The van der Waals surface area contributed by atoms with Gasteiger partial charge in [-0.1, -0.05) is 60.1 Å². The van der Waals surface area contributed by atoms with Crippen LogP contribution in [-0.4, -0.2) is 26.0 Å². The van der Waals surface area contributed by atoms with Crippen molar-refractivity contribution in [3.63, 3.8) is 0 Å². The zero-order chi connectivity index (χ0) is 26.1. The molecular weight excluding hydrogens is 562 g/mol. The molecule has 7 nitrogen and oxygen atoms in total. The highest BCUT2D eigenvalue weighted by atomic mass is 79.9. The molecule has 190 valence electrons. The first-order chi connectivity index (χ1) is 17.1. The highest BCUT2D eigenvalue weighted by Gasteiger charge is 2.16. The maximum atomic E-state index is 12.9. The molecule has 36 heavy (non-hydrogen) atoms. The van der Waals surface area contributed by atoms with Gasteiger partial charge in [0, 0.05) is 16.7 Å². The summed E-state index contributed by atoms with van der Waals surface area (Å²) < 4.78 is 34.3. The average Bonchev–Trinajstić information content (AvgIpc) is 2.84. The van der Waals surface area contributed by atoms with Gasteiger partial charge in [-0.2, -0.15) is 0 Å². The van der Waals surface area contributed by atoms with Gasteiger partial charge in [0.25, 0.3) is 5.91 Å². The van der Waals surface area contributed by atoms with E-state index in [2.05, 4.69) is 45.1 Å². The Morgan fingerprint density at radius 2 is 1.72 bits per heavy atom. The van der Waals surface area contributed by atoms with Crippen LogP contribution in [-0.2, 0) is 16.6 Å². The van der Waals surface area contributed by atoms with Crippen molar-refractivity contribution in [2.75, 3.05) is 11.9 Å². The first-order valence-electron chi connectivity index (χ1n) is 11.3. The molecule has 0 atom stereocenters. The van der Waals surface area contributed by atoms with Crippen LogP contribution in [0.3, 0.4) is 0 Å². The summed E-state index contributed by atoms with van der Waals surface area (Å²) in [7, 11) is -3.68. The molecule has 0 saturated heterocycles. The molecule has 0 radical (unpaired) electrons. The number of anilines is 1. The number of hydrogen-bond acceptors (Lipinski definition) is 5. The van der Waals surface area contributed by atoms with E-state index in [0.717, 1.165) is 16.5 Å². The molecule has 3 rings (SSSR count). The lowest BCUT2D eigenvalue weighted by molar-refractivity contribution is 0.0973. The third kappa shape index (κ3) is 8.41. The Morgan fingerprint density at radius 3 is 2.39 bits per heavy atom. The van der Waals surface area contributed by atoms with Gasteiger partial charge >= 0.3 is 0 Å². The van der Waals surface area contributed by atoms with Crippen molar-refractivity contribution < 1.29 is 17.9 Å². The molecule has 3 aromatic carbocycles. The Kier molecular flexibility index (Phi) is 10.0. The molecule has 3 aromatic rings. The summed E-state index contributed by atoms with van der Waals surface area (Å²) in [5, 5.41) is 5.62. The predicted octanol–water partition coefficient (Wildman–Crippen LogP) is 5.48. The number of nitrogens with one attached hydrogen (secondary N) is 3. The summed E-state index contributed by atoms with van der Waals surface area (Å²) in [6.07, 6.45) is 0.866. The van der Waals surface area contributed by atoms with Gasteiger partial charge in [0.1, 0.15) is 5.75 Å². The van der Waals surface area contributed by atoms with Crippen LogP contribution in [0.25, 0.3) is 0 Å². The smallest absolute Gasteiger partial charge is 0.261 e. The summed E-state index contributed by atoms with van der Waals surface area (Å²) in [6.45, 7) is 4.90. The lowest BCUT2D eigenvalue weighted by Gasteiger charge is -2.14. The molecule has 1 amide bonds. The number of carbonyl (C=O) groups is 1. The van der Waals surface area contributed by atoms with Crippen LogP contribution >= 0.6 is 28.1 Å². The van der Waals surface area contributed by atoms with E-state index in [1.54, 1.807) is 24.3 Å². The quantitative estimate of drug-likeness (QED) is 0.271. The van der Waals surface area contributed by atoms with Gasteiger partial charge in [0.2, 0.25) is 10.0 Å². The number of benzene rings is 3. The number of thiocarbonyl (C=S) groups is 1. The van der Waals surface area contributed by atoms with Gasteiger partial charge in [-0.3, -0.25) is 10.1 Å². The van der Waals surface area contributed by atoms with Crippen LogP contribution < -0.4 is 20.1 Å². The minimum absolute atomic E-state index is 0.0749. The van der Waals surface area contributed by atoms with Gasteiger partial charge in [0.15, 0.2) is 5.11 Å². The first kappa shape index (κ1) is 27.8. The molecule has 0 saturated carbocycles. The molecule has 0 fully saturated rings. The zero-order valence-electron chi connectivity index (χ0n) is 20.0. The minimum atomic E-state index is -3.68. The number of sulfonamides is 1. The Labute approximate surface area is 225 Å². The molecule has 3 N–H and O–H groups in total. The van der Waals surface area contributed by atoms with Crippen LogP contribution in [0.5, 0.6) is 5.75 Å². The molecule has 0 aliphatic carbocycles. The van der Waals surface area contributed by atoms with Gasteiger partial charge in [0.05, 0.1) is 17.1 Å². The predicted molar refractivity (Wildman–Crippen MR) is 150 cm³/mol. The summed E-state index contributed by atoms with van der Waals surface area (Å²) in [6, 6.07) is 20.6. The van der Waals surface area contributed by atoms with E-state index in [1.807, 2.05) is 36.4 Å². The van der Waals surface area contributed by atoms with Crippen molar-refractivity contribution in [1.29, 1.82) is 0 Å². The van der Waals surface area contributed by atoms with E-state index in [4.69, 9.17) is 17.0 Å². The Morgan fingerprint density at radius 1 is 1.03 bits per heavy atom. The largest absolute Gasteiger partial charge is 0.493 e. The minimum Gasteiger partial charge on any atom is -0.493 e. The average molecular weight is 591 g/mol. The van der Waals surface area contributed by atoms with Crippen molar-refractivity contribution in [2.45, 2.75) is 31.7 Å². The van der Waals surface area contributed by atoms with E-state index in [-0.39, 0.29) is 16.6 Å². The van der Waals surface area contributed by atoms with Crippen molar-refractivity contribution in [2.24, 2.45) is 5.92 Å². The molecule has 0 spiro atoms. The van der Waals surface area contributed by atoms with E-state index in [9.17, 15) is 13.2 Å². The number of hydrogen-bond donors (Lipinski definition) is 3. The summed E-state index contributed by atoms with van der Waals surface area (Å²) >= 11 is 8.67. The van der Waals surface area contributed by atoms with Crippen molar-refractivity contribution in [3.05, 3.63) is 88.4 Å². The summed E-state index contributed by atoms with van der Waals surface area (Å²) in [5.74, 6) is 0.532. The second kappa shape index (κ2) is 13.0. The second-order valence-corrected chi connectivity index (χ2v) is 11.5. The first-order valence-corrected chi connectivity index (χ1v) is 14.0. The molecular formula is C26H28BrN3O4S2. The molecule has 0 bridgehead atoms. The van der Waals surface area contributed by atoms with Crippen LogP contribution in [0.2, 0.25) is 0 Å². The third-order valence-electron chi connectivity index (χ3n) is 5.10.